The van der Waals surface area contributed by atoms with Crippen molar-refractivity contribution in [1.29, 1.82) is 0 Å². The van der Waals surface area contributed by atoms with Gasteiger partial charge in [0, 0.05) is 111 Å². The fraction of sp³-hybridized carbons (Fsp3) is 0.600. The van der Waals surface area contributed by atoms with E-state index in [4.69, 9.17) is 0 Å². The van der Waals surface area contributed by atoms with E-state index in [0.29, 0.717) is 0 Å². The van der Waals surface area contributed by atoms with Crippen LogP contribution in [0.15, 0.2) is 128 Å². The smallest absolute Gasteiger partial charge is 0.0986 e. The van der Waals surface area contributed by atoms with Gasteiger partial charge in [-0.3, -0.25) is 19.9 Å². The molecule has 0 spiro atoms. The summed E-state index contributed by atoms with van der Waals surface area (Å²) >= 11 is 14.5. The first-order chi connectivity index (χ1) is 35.8. The number of aryl methyl sites for hydroxylation is 3. The Morgan fingerprint density at radius 3 is 1.36 bits per heavy atom. The number of aromatic nitrogens is 3. The standard InChI is InChI=1S/3C8H15NS.C7H13NS.C7H9NS.C7H11NS.2C7H9NS.6CH4/c1-7-6-9(2)5-4-8(7)10-3;1-7-4-5-9(2)6-8(7)10-3;1-7-5-4-6-9(2)8(7)10-3;1-6-4-8(2)5-7(6)9-3;1-6-5-8-4-3-7(6)9-2;2*1-6-3-4-8-5-7(6)9-2;1-6-4-3-5-8-7(6)9-2;;;;;;/h3*4-6H2,1-3H3;4-5H2,1-3H3;3-5H,1-2H3;5H,3-4H2,1-2H3;2*3-5H,1-2H3;6*1H4. The summed E-state index contributed by atoms with van der Waals surface area (Å²) in [6, 6.07) is 8.07. The molecule has 0 aliphatic carbocycles. The predicted octanol–water partition coefficient (Wildman–Crippen LogP) is 20.0. The van der Waals surface area contributed by atoms with Gasteiger partial charge in [-0.15, -0.1) is 94.1 Å². The summed E-state index contributed by atoms with van der Waals surface area (Å²) < 4.78 is 0. The van der Waals surface area contributed by atoms with Gasteiger partial charge in [0.05, 0.1) is 10.1 Å². The zero-order valence-corrected chi connectivity index (χ0v) is 56.3. The Morgan fingerprint density at radius 1 is 0.420 bits per heavy atom. The molecule has 0 saturated heterocycles. The van der Waals surface area contributed by atoms with Gasteiger partial charge in [0.25, 0.3) is 0 Å². The summed E-state index contributed by atoms with van der Waals surface area (Å²) in [7, 11) is 8.70. The van der Waals surface area contributed by atoms with Crippen LogP contribution in [0.3, 0.4) is 0 Å². The molecule has 0 saturated carbocycles. The molecule has 0 unspecified atom stereocenters. The highest BCUT2D eigenvalue weighted by atomic mass is 32.2. The molecule has 0 fully saturated rings. The summed E-state index contributed by atoms with van der Waals surface area (Å²) in [6.45, 7) is 26.7. The van der Waals surface area contributed by atoms with Crippen molar-refractivity contribution in [1.82, 2.24) is 34.6 Å². The number of pyridine rings is 3. The molecule has 0 radical (unpaired) electrons. The molecule has 0 aromatic carbocycles. The van der Waals surface area contributed by atoms with E-state index in [1.807, 2.05) is 109 Å². The van der Waals surface area contributed by atoms with Gasteiger partial charge in [0.15, 0.2) is 0 Å². The van der Waals surface area contributed by atoms with Crippen molar-refractivity contribution in [3.05, 3.63) is 124 Å². The van der Waals surface area contributed by atoms with Crippen molar-refractivity contribution >= 4 is 100 Å². The first kappa shape index (κ1) is 90.5. The molecule has 8 nitrogen and oxygen atoms in total. The fourth-order valence-electron chi connectivity index (χ4n) is 8.04. The molecule has 0 bridgehead atoms. The Bertz CT molecular complexity index is 2190. The van der Waals surface area contributed by atoms with Crippen molar-refractivity contribution in [3.8, 4) is 0 Å². The third-order valence-electron chi connectivity index (χ3n) is 12.6. The third-order valence-corrected chi connectivity index (χ3v) is 20.1. The van der Waals surface area contributed by atoms with E-state index in [9.17, 15) is 0 Å². The minimum atomic E-state index is 0. The zero-order valence-electron chi connectivity index (χ0n) is 49.8. The SMILES string of the molecule is C.C.C.C.C.C.CSC1=C(C)CCCN1C.CSC1=C(C)CCN(C)C1.CSC1=C(C)CCN=C1.CSC1=C(C)CN(C)C1.CSC1=C(C)CN(C)CC1.CSc1ccncc1C.CSc1cnccc1C.CSc1ncccc1C. The van der Waals surface area contributed by atoms with Gasteiger partial charge in [-0.05, 0) is 225 Å². The first-order valence-corrected chi connectivity index (χ1v) is 35.4. The lowest BCUT2D eigenvalue weighted by Crippen LogP contribution is -2.26. The highest BCUT2D eigenvalue weighted by Crippen LogP contribution is 2.28. The number of rotatable bonds is 8. The van der Waals surface area contributed by atoms with Crippen molar-refractivity contribution in [2.45, 2.75) is 147 Å². The second-order valence-electron chi connectivity index (χ2n) is 18.8. The Balaban J connectivity index is -0.000000196. The van der Waals surface area contributed by atoms with E-state index in [0.717, 1.165) is 44.2 Å². The number of hydrogen-bond donors (Lipinski definition) is 0. The van der Waals surface area contributed by atoms with Crippen molar-refractivity contribution in [2.24, 2.45) is 4.99 Å². The monoisotopic (exact) mass is 1270 g/mol. The van der Waals surface area contributed by atoms with Gasteiger partial charge in [-0.2, -0.15) is 0 Å². The van der Waals surface area contributed by atoms with Crippen LogP contribution in [0.1, 0.15) is 128 Å². The van der Waals surface area contributed by atoms with Crippen molar-refractivity contribution < 1.29 is 0 Å². The molecular formula is C65H120N8S8. The maximum Gasteiger partial charge on any atom is 0.0986 e. The molecule has 0 amide bonds. The van der Waals surface area contributed by atoms with Crippen LogP contribution in [0.25, 0.3) is 0 Å². The molecule has 5 aliphatic heterocycles. The van der Waals surface area contributed by atoms with Gasteiger partial charge in [0.2, 0.25) is 0 Å². The minimum absolute atomic E-state index is 0. The Hall–Kier alpha value is -1.70. The molecule has 0 atom stereocenters. The van der Waals surface area contributed by atoms with E-state index < -0.39 is 0 Å². The lowest BCUT2D eigenvalue weighted by molar-refractivity contribution is 0.353. The lowest BCUT2D eigenvalue weighted by atomic mass is 10.1. The molecule has 8 heterocycles. The number of aliphatic imine (C=N–C) groups is 1. The summed E-state index contributed by atoms with van der Waals surface area (Å²) in [5.41, 5.74) is 11.5. The number of hydrogen-bond acceptors (Lipinski definition) is 16. The number of dihydropyridines is 1. The van der Waals surface area contributed by atoms with Crippen LogP contribution in [0.5, 0.6) is 0 Å². The normalized spacial score (nSPS) is 15.6. The summed E-state index contributed by atoms with van der Waals surface area (Å²) in [6.07, 6.45) is 34.4. The Morgan fingerprint density at radius 2 is 0.963 bits per heavy atom. The van der Waals surface area contributed by atoms with Crippen LogP contribution in [0.4, 0.5) is 0 Å². The largest absolute Gasteiger partial charge is 0.369 e. The molecular weight excluding hydrogens is 1150 g/mol. The van der Waals surface area contributed by atoms with Crippen molar-refractivity contribution in [3.63, 3.8) is 0 Å². The Labute approximate surface area is 537 Å². The van der Waals surface area contributed by atoms with Crippen molar-refractivity contribution in [2.75, 3.05) is 131 Å². The quantitative estimate of drug-likeness (QED) is 0.201. The summed E-state index contributed by atoms with van der Waals surface area (Å²) in [4.78, 5) is 34.4. The van der Waals surface area contributed by atoms with Gasteiger partial charge in [0.1, 0.15) is 0 Å². The maximum atomic E-state index is 4.18. The number of nitrogens with zero attached hydrogens (tertiary/aromatic N) is 8. The molecule has 81 heavy (non-hydrogen) atoms. The van der Waals surface area contributed by atoms with Crippen LogP contribution in [-0.4, -0.2) is 171 Å². The highest BCUT2D eigenvalue weighted by molar-refractivity contribution is 8.03. The van der Waals surface area contributed by atoms with E-state index in [-0.39, 0.29) is 44.6 Å². The average molecular weight is 1270 g/mol. The summed E-state index contributed by atoms with van der Waals surface area (Å²) in [5, 5.41) is 2.60. The van der Waals surface area contributed by atoms with Gasteiger partial charge >= 0.3 is 0 Å². The molecule has 8 rings (SSSR count). The van der Waals surface area contributed by atoms with Crippen LogP contribution < -0.4 is 0 Å². The van der Waals surface area contributed by atoms with E-state index in [1.165, 1.54) is 87.3 Å². The van der Waals surface area contributed by atoms with Gasteiger partial charge in [-0.25, -0.2) is 4.98 Å². The molecule has 3 aromatic heterocycles. The van der Waals surface area contributed by atoms with Crippen LogP contribution >= 0.6 is 94.1 Å². The second kappa shape index (κ2) is 53.7. The van der Waals surface area contributed by atoms with Gasteiger partial charge in [-0.1, -0.05) is 61.8 Å². The Kier molecular flexibility index (Phi) is 60.0. The minimum Gasteiger partial charge on any atom is -0.369 e. The zero-order chi connectivity index (χ0) is 56.3. The third kappa shape index (κ3) is 37.5. The number of likely N-dealkylation sites (N-methyl/N-ethyl adjacent to an activating group) is 3. The highest BCUT2D eigenvalue weighted by Gasteiger charge is 2.15. The molecule has 5 aliphatic rings. The van der Waals surface area contributed by atoms with Crippen LogP contribution in [0, 0.1) is 20.8 Å². The number of allylic oxidation sites excluding steroid dienone is 2. The fourth-order valence-corrected chi connectivity index (χ4v) is 13.5. The summed E-state index contributed by atoms with van der Waals surface area (Å²) in [5.74, 6) is 0. The average Bonchev–Trinajstić information content (AvgIpc) is 3.75. The molecule has 3 aromatic rings. The van der Waals surface area contributed by atoms with Gasteiger partial charge < -0.3 is 14.7 Å². The number of thioether (sulfide) groups is 8. The van der Waals surface area contributed by atoms with Crippen LogP contribution in [-0.2, 0) is 0 Å². The van der Waals surface area contributed by atoms with E-state index in [2.05, 4.69) is 173 Å². The second-order valence-corrected chi connectivity index (χ2v) is 25.7. The topological polar surface area (TPSA) is 64.0 Å². The predicted molar refractivity (Wildman–Crippen MR) is 395 cm³/mol. The first-order valence-electron chi connectivity index (χ1n) is 25.6. The molecule has 468 valence electrons. The maximum absolute atomic E-state index is 4.18. The van der Waals surface area contributed by atoms with E-state index >= 15 is 0 Å². The molecule has 0 N–H and O–H groups in total. The van der Waals surface area contributed by atoms with E-state index in [1.54, 1.807) is 84.1 Å². The lowest BCUT2D eigenvalue weighted by Gasteiger charge is -2.27. The van der Waals surface area contributed by atoms with Crippen LogP contribution in [0.2, 0.25) is 0 Å². The molecule has 16 heteroatoms.